The molecule has 1 aromatic carbocycles. The normalized spacial score (nSPS) is 11.4. The van der Waals surface area contributed by atoms with Crippen LogP contribution in [0.15, 0.2) is 28.1 Å². The summed E-state index contributed by atoms with van der Waals surface area (Å²) in [5.74, 6) is -0.621. The monoisotopic (exact) mass is 365 g/mol. The van der Waals surface area contributed by atoms with Crippen LogP contribution in [0.4, 0.5) is 24.0 Å². The van der Waals surface area contributed by atoms with Crippen LogP contribution in [0.3, 0.4) is 0 Å². The molecule has 0 aliphatic heterocycles. The van der Waals surface area contributed by atoms with Crippen LogP contribution >= 0.6 is 27.3 Å². The van der Waals surface area contributed by atoms with Gasteiger partial charge >= 0.3 is 6.18 Å². The number of nitrogens with two attached hydrogens (primary N) is 1. The number of nitrogens with zero attached hydrogens (tertiary/aromatic N) is 1. The molecule has 0 aliphatic carbocycles. The van der Waals surface area contributed by atoms with Crippen molar-refractivity contribution < 1.29 is 18.0 Å². The van der Waals surface area contributed by atoms with E-state index >= 15 is 0 Å². The molecule has 4 nitrogen and oxygen atoms in total. The first-order chi connectivity index (χ1) is 9.25. The molecule has 0 spiro atoms. The molecule has 0 fully saturated rings. The number of hydrogen-bond acceptors (Lipinski definition) is 4. The van der Waals surface area contributed by atoms with Gasteiger partial charge in [-0.1, -0.05) is 15.9 Å². The highest BCUT2D eigenvalue weighted by atomic mass is 79.9. The predicted molar refractivity (Wildman–Crippen MR) is 73.6 cm³/mol. The Morgan fingerprint density at radius 2 is 2.05 bits per heavy atom. The highest BCUT2D eigenvalue weighted by molar-refractivity contribution is 9.10. The third-order valence-corrected chi connectivity index (χ3v) is 3.37. The second kappa shape index (κ2) is 5.41. The minimum absolute atomic E-state index is 0.0169. The summed E-state index contributed by atoms with van der Waals surface area (Å²) >= 11 is 4.04. The fourth-order valence-corrected chi connectivity index (χ4v) is 2.45. The third-order valence-electron chi connectivity index (χ3n) is 2.24. The van der Waals surface area contributed by atoms with Crippen molar-refractivity contribution in [1.82, 2.24) is 4.98 Å². The average molecular weight is 366 g/mol. The predicted octanol–water partition coefficient (Wildman–Crippen LogP) is 3.76. The molecule has 0 bridgehead atoms. The standard InChI is InChI=1S/C11H7BrF3N3OS/c12-6-1-5(11(13,14)15)2-7(3-6)17-9(19)8-4-20-10(16)18-8/h1-4H,(H2,16,18)(H,17,19). The minimum Gasteiger partial charge on any atom is -0.375 e. The van der Waals surface area contributed by atoms with E-state index in [2.05, 4.69) is 26.2 Å². The van der Waals surface area contributed by atoms with E-state index in [1.54, 1.807) is 0 Å². The number of nitrogens with one attached hydrogen (secondary N) is 1. The van der Waals surface area contributed by atoms with Crippen molar-refractivity contribution in [3.05, 3.63) is 39.3 Å². The molecule has 0 radical (unpaired) electrons. The van der Waals surface area contributed by atoms with Gasteiger partial charge in [0.05, 0.1) is 5.56 Å². The summed E-state index contributed by atoms with van der Waals surface area (Å²) < 4.78 is 38.2. The van der Waals surface area contributed by atoms with Crippen molar-refractivity contribution in [3.8, 4) is 0 Å². The van der Waals surface area contributed by atoms with Gasteiger partial charge < -0.3 is 11.1 Å². The van der Waals surface area contributed by atoms with Gasteiger partial charge in [0.1, 0.15) is 5.69 Å². The van der Waals surface area contributed by atoms with E-state index in [-0.39, 0.29) is 21.0 Å². The number of rotatable bonds is 2. The summed E-state index contributed by atoms with van der Waals surface area (Å²) in [7, 11) is 0. The van der Waals surface area contributed by atoms with Gasteiger partial charge in [0.2, 0.25) is 0 Å². The van der Waals surface area contributed by atoms with Crippen molar-refractivity contribution in [1.29, 1.82) is 0 Å². The number of aromatic nitrogens is 1. The number of benzene rings is 1. The Morgan fingerprint density at radius 3 is 2.60 bits per heavy atom. The molecule has 1 aromatic heterocycles. The van der Waals surface area contributed by atoms with Crippen LogP contribution < -0.4 is 11.1 Å². The van der Waals surface area contributed by atoms with Crippen LogP contribution in [0.5, 0.6) is 0 Å². The summed E-state index contributed by atoms with van der Waals surface area (Å²) in [6.45, 7) is 0. The summed E-state index contributed by atoms with van der Waals surface area (Å²) in [6, 6.07) is 3.14. The second-order valence-corrected chi connectivity index (χ2v) is 5.56. The molecule has 0 saturated heterocycles. The zero-order valence-corrected chi connectivity index (χ0v) is 12.1. The topological polar surface area (TPSA) is 68.0 Å². The van der Waals surface area contributed by atoms with Gasteiger partial charge in [0.25, 0.3) is 5.91 Å². The van der Waals surface area contributed by atoms with Crippen molar-refractivity contribution in [3.63, 3.8) is 0 Å². The molecule has 0 atom stereocenters. The van der Waals surface area contributed by atoms with Crippen molar-refractivity contribution >= 4 is 44.0 Å². The van der Waals surface area contributed by atoms with E-state index in [1.807, 2.05) is 0 Å². The fraction of sp³-hybridized carbons (Fsp3) is 0.0909. The number of anilines is 2. The molecule has 0 saturated carbocycles. The fourth-order valence-electron chi connectivity index (χ4n) is 1.41. The maximum Gasteiger partial charge on any atom is 0.416 e. The number of halogens is 4. The molecule has 106 valence electrons. The number of nitrogen functional groups attached to an aromatic ring is 1. The van der Waals surface area contributed by atoms with Crippen LogP contribution in [0.25, 0.3) is 0 Å². The third kappa shape index (κ3) is 3.48. The first-order valence-corrected chi connectivity index (χ1v) is 6.83. The van der Waals surface area contributed by atoms with Gasteiger partial charge in [0, 0.05) is 15.5 Å². The minimum atomic E-state index is -4.49. The summed E-state index contributed by atoms with van der Waals surface area (Å²) in [6.07, 6.45) is -4.49. The zero-order chi connectivity index (χ0) is 14.9. The van der Waals surface area contributed by atoms with Crippen molar-refractivity contribution in [2.45, 2.75) is 6.18 Å². The number of amides is 1. The van der Waals surface area contributed by atoms with Crippen LogP contribution in [0, 0.1) is 0 Å². The van der Waals surface area contributed by atoms with Gasteiger partial charge in [-0.3, -0.25) is 4.79 Å². The Hall–Kier alpha value is -1.61. The van der Waals surface area contributed by atoms with Gasteiger partial charge in [-0.2, -0.15) is 13.2 Å². The Labute approximate surface area is 123 Å². The van der Waals surface area contributed by atoms with E-state index in [9.17, 15) is 18.0 Å². The molecule has 20 heavy (non-hydrogen) atoms. The maximum atomic E-state index is 12.7. The Kier molecular flexibility index (Phi) is 4.00. The van der Waals surface area contributed by atoms with Crippen molar-refractivity contribution in [2.24, 2.45) is 0 Å². The highest BCUT2D eigenvalue weighted by Crippen LogP contribution is 2.33. The van der Waals surface area contributed by atoms with E-state index in [0.717, 1.165) is 23.5 Å². The number of thiazole rings is 1. The second-order valence-electron chi connectivity index (χ2n) is 3.75. The van der Waals surface area contributed by atoms with Crippen LogP contribution in [-0.4, -0.2) is 10.9 Å². The van der Waals surface area contributed by atoms with E-state index in [0.29, 0.717) is 0 Å². The molecule has 3 N–H and O–H groups in total. The molecule has 0 aliphatic rings. The lowest BCUT2D eigenvalue weighted by Crippen LogP contribution is -2.13. The first-order valence-electron chi connectivity index (χ1n) is 5.16. The van der Waals surface area contributed by atoms with Gasteiger partial charge in [-0.25, -0.2) is 4.98 Å². The first kappa shape index (κ1) is 14.8. The van der Waals surface area contributed by atoms with Crippen LogP contribution in [0.2, 0.25) is 0 Å². The van der Waals surface area contributed by atoms with Crippen molar-refractivity contribution in [2.75, 3.05) is 11.1 Å². The number of alkyl halides is 3. The summed E-state index contributed by atoms with van der Waals surface area (Å²) in [5, 5.41) is 3.98. The van der Waals surface area contributed by atoms with Gasteiger partial charge in [-0.05, 0) is 18.2 Å². The van der Waals surface area contributed by atoms with Gasteiger partial charge in [0.15, 0.2) is 5.13 Å². The molecular formula is C11H7BrF3N3OS. The lowest BCUT2D eigenvalue weighted by Gasteiger charge is -2.10. The molecule has 1 heterocycles. The summed E-state index contributed by atoms with van der Waals surface area (Å²) in [4.78, 5) is 15.5. The molecule has 0 unspecified atom stereocenters. The van der Waals surface area contributed by atoms with Gasteiger partial charge in [-0.15, -0.1) is 11.3 Å². The Morgan fingerprint density at radius 1 is 1.35 bits per heavy atom. The van der Waals surface area contributed by atoms with E-state index < -0.39 is 17.6 Å². The number of carbonyl (C=O) groups is 1. The smallest absolute Gasteiger partial charge is 0.375 e. The lowest BCUT2D eigenvalue weighted by molar-refractivity contribution is -0.137. The SMILES string of the molecule is Nc1nc(C(=O)Nc2cc(Br)cc(C(F)(F)F)c2)cs1. The lowest BCUT2D eigenvalue weighted by atomic mass is 10.2. The number of carbonyl (C=O) groups excluding carboxylic acids is 1. The van der Waals surface area contributed by atoms with E-state index in [4.69, 9.17) is 5.73 Å². The largest absolute Gasteiger partial charge is 0.416 e. The van der Waals surface area contributed by atoms with Crippen LogP contribution in [-0.2, 0) is 6.18 Å². The molecule has 2 rings (SSSR count). The van der Waals surface area contributed by atoms with Crippen LogP contribution in [0.1, 0.15) is 16.1 Å². The molecule has 9 heteroatoms. The Bertz CT molecular complexity index is 657. The molecule has 1 amide bonds. The highest BCUT2D eigenvalue weighted by Gasteiger charge is 2.31. The summed E-state index contributed by atoms with van der Waals surface area (Å²) in [5.41, 5.74) is 4.60. The average Bonchev–Trinajstić information content (AvgIpc) is 2.74. The molecular weight excluding hydrogens is 359 g/mol. The quantitative estimate of drug-likeness (QED) is 0.851. The number of hydrogen-bond donors (Lipinski definition) is 2. The zero-order valence-electron chi connectivity index (χ0n) is 9.66. The Balaban J connectivity index is 2.25. The molecule has 2 aromatic rings. The van der Waals surface area contributed by atoms with E-state index in [1.165, 1.54) is 11.4 Å². The maximum absolute atomic E-state index is 12.7.